The SMILES string of the molecule is C=CC(C=C)O[SiH2]CC. The third kappa shape index (κ3) is 4.18. The van der Waals surface area contributed by atoms with Crippen LogP contribution in [0.2, 0.25) is 6.04 Å². The number of hydrogen-bond acceptors (Lipinski definition) is 1. The highest BCUT2D eigenvalue weighted by molar-refractivity contribution is 6.26. The highest BCUT2D eigenvalue weighted by Gasteiger charge is 1.93. The fraction of sp³-hybridized carbons (Fsp3) is 0.429. The number of rotatable bonds is 5. The normalized spacial score (nSPS) is 10.9. The zero-order valence-corrected chi connectivity index (χ0v) is 7.38. The van der Waals surface area contributed by atoms with E-state index < -0.39 is 0 Å². The lowest BCUT2D eigenvalue weighted by Gasteiger charge is -2.06. The van der Waals surface area contributed by atoms with E-state index in [0.29, 0.717) is 0 Å². The Kier molecular flexibility index (Phi) is 5.57. The van der Waals surface area contributed by atoms with Gasteiger partial charge < -0.3 is 4.43 Å². The molecule has 0 bridgehead atoms. The van der Waals surface area contributed by atoms with Crippen molar-refractivity contribution in [2.24, 2.45) is 0 Å². The molecule has 0 aromatic rings. The standard InChI is InChI=1S/C7H14OSi/c1-4-7(5-2)8-9-6-3/h4-5,7H,1-2,6,9H2,3H3. The Balaban J connectivity index is 3.30. The van der Waals surface area contributed by atoms with Gasteiger partial charge in [0.05, 0.1) is 6.10 Å². The summed E-state index contributed by atoms with van der Waals surface area (Å²) >= 11 is 0. The van der Waals surface area contributed by atoms with Gasteiger partial charge in [-0.1, -0.05) is 19.1 Å². The van der Waals surface area contributed by atoms with Crippen LogP contribution in [0.5, 0.6) is 0 Å². The minimum absolute atomic E-state index is 0.0941. The Labute approximate surface area is 59.4 Å². The Bertz CT molecular complexity index is 82.9. The van der Waals surface area contributed by atoms with Gasteiger partial charge in [-0.05, 0) is 6.04 Å². The van der Waals surface area contributed by atoms with Gasteiger partial charge in [0, 0.05) is 0 Å². The van der Waals surface area contributed by atoms with Crippen molar-refractivity contribution >= 4 is 9.76 Å². The predicted molar refractivity (Wildman–Crippen MR) is 44.3 cm³/mol. The average Bonchev–Trinajstić information content (AvgIpc) is 1.91. The maximum Gasteiger partial charge on any atom is 0.162 e. The molecule has 0 fully saturated rings. The van der Waals surface area contributed by atoms with Crippen LogP contribution in [-0.2, 0) is 4.43 Å². The molecule has 9 heavy (non-hydrogen) atoms. The molecule has 0 aliphatic carbocycles. The molecule has 0 unspecified atom stereocenters. The van der Waals surface area contributed by atoms with Crippen LogP contribution in [0.15, 0.2) is 25.3 Å². The van der Waals surface area contributed by atoms with Crippen molar-refractivity contribution in [1.82, 2.24) is 0 Å². The molecule has 0 amide bonds. The van der Waals surface area contributed by atoms with Gasteiger partial charge in [0.15, 0.2) is 9.76 Å². The van der Waals surface area contributed by atoms with Gasteiger partial charge >= 0.3 is 0 Å². The van der Waals surface area contributed by atoms with Crippen LogP contribution in [0.25, 0.3) is 0 Å². The summed E-state index contributed by atoms with van der Waals surface area (Å²) in [6.07, 6.45) is 3.64. The molecule has 0 aliphatic rings. The maximum atomic E-state index is 5.39. The van der Waals surface area contributed by atoms with Crippen LogP contribution in [0.3, 0.4) is 0 Å². The molecular formula is C7H14OSi. The first-order valence-electron chi connectivity index (χ1n) is 3.21. The lowest BCUT2D eigenvalue weighted by molar-refractivity contribution is 0.314. The van der Waals surface area contributed by atoms with Crippen molar-refractivity contribution < 1.29 is 4.43 Å². The van der Waals surface area contributed by atoms with E-state index in [4.69, 9.17) is 4.43 Å². The Morgan fingerprint density at radius 3 is 2.44 bits per heavy atom. The summed E-state index contributed by atoms with van der Waals surface area (Å²) < 4.78 is 5.39. The summed E-state index contributed by atoms with van der Waals surface area (Å²) in [5.74, 6) is 0. The van der Waals surface area contributed by atoms with E-state index in [0.717, 1.165) is 0 Å². The molecule has 0 aromatic heterocycles. The van der Waals surface area contributed by atoms with Crippen LogP contribution in [0.4, 0.5) is 0 Å². The molecule has 0 saturated carbocycles. The van der Waals surface area contributed by atoms with Gasteiger partial charge in [-0.2, -0.15) is 0 Å². The fourth-order valence-electron chi connectivity index (χ4n) is 0.486. The van der Waals surface area contributed by atoms with E-state index in [9.17, 15) is 0 Å². The third-order valence-electron chi connectivity index (χ3n) is 0.979. The molecular weight excluding hydrogens is 128 g/mol. The van der Waals surface area contributed by atoms with Gasteiger partial charge in [0.1, 0.15) is 0 Å². The molecule has 0 aliphatic heterocycles. The van der Waals surface area contributed by atoms with Crippen molar-refractivity contribution in [2.75, 3.05) is 0 Å². The predicted octanol–water partition coefficient (Wildman–Crippen LogP) is 1.27. The zero-order chi connectivity index (χ0) is 7.11. The monoisotopic (exact) mass is 142 g/mol. The molecule has 0 heterocycles. The van der Waals surface area contributed by atoms with Gasteiger partial charge in [-0.3, -0.25) is 0 Å². The zero-order valence-electron chi connectivity index (χ0n) is 5.97. The molecule has 52 valence electrons. The van der Waals surface area contributed by atoms with E-state index in [-0.39, 0.29) is 15.9 Å². The van der Waals surface area contributed by atoms with Gasteiger partial charge in [-0.25, -0.2) is 0 Å². The van der Waals surface area contributed by atoms with Gasteiger partial charge in [-0.15, -0.1) is 13.2 Å². The van der Waals surface area contributed by atoms with Crippen LogP contribution in [0, 0.1) is 0 Å². The van der Waals surface area contributed by atoms with E-state index in [1.807, 2.05) is 0 Å². The quantitative estimate of drug-likeness (QED) is 0.415. The maximum absolute atomic E-state index is 5.39. The van der Waals surface area contributed by atoms with Crippen molar-refractivity contribution in [3.05, 3.63) is 25.3 Å². The summed E-state index contributed by atoms with van der Waals surface area (Å²) in [5.41, 5.74) is 0. The van der Waals surface area contributed by atoms with Crippen LogP contribution >= 0.6 is 0 Å². The molecule has 0 N–H and O–H groups in total. The topological polar surface area (TPSA) is 9.23 Å². The third-order valence-corrected chi connectivity index (χ3v) is 2.01. The highest BCUT2D eigenvalue weighted by atomic mass is 28.2. The van der Waals surface area contributed by atoms with Crippen molar-refractivity contribution in [1.29, 1.82) is 0 Å². The summed E-state index contributed by atoms with van der Waals surface area (Å²) in [6, 6.07) is 1.18. The van der Waals surface area contributed by atoms with Crippen molar-refractivity contribution in [3.8, 4) is 0 Å². The first-order valence-corrected chi connectivity index (χ1v) is 4.79. The smallest absolute Gasteiger partial charge is 0.162 e. The summed E-state index contributed by atoms with van der Waals surface area (Å²) in [6.45, 7) is 9.36. The molecule has 0 atom stereocenters. The van der Waals surface area contributed by atoms with Crippen LogP contribution < -0.4 is 0 Å². The second kappa shape index (κ2) is 5.79. The summed E-state index contributed by atoms with van der Waals surface area (Å²) in [7, 11) is -0.290. The lowest BCUT2D eigenvalue weighted by Crippen LogP contribution is -2.08. The second-order valence-electron chi connectivity index (χ2n) is 1.81. The molecule has 0 rings (SSSR count). The van der Waals surface area contributed by atoms with Crippen molar-refractivity contribution in [3.63, 3.8) is 0 Å². The van der Waals surface area contributed by atoms with Crippen LogP contribution in [-0.4, -0.2) is 15.9 Å². The Hall–Kier alpha value is -0.343. The van der Waals surface area contributed by atoms with Crippen molar-refractivity contribution in [2.45, 2.75) is 19.1 Å². The second-order valence-corrected chi connectivity index (χ2v) is 3.55. The Morgan fingerprint density at radius 1 is 1.56 bits per heavy atom. The molecule has 0 aromatic carbocycles. The largest absolute Gasteiger partial charge is 0.414 e. The molecule has 0 radical (unpaired) electrons. The van der Waals surface area contributed by atoms with Crippen LogP contribution in [0.1, 0.15) is 6.92 Å². The van der Waals surface area contributed by atoms with E-state index >= 15 is 0 Å². The molecule has 1 nitrogen and oxygen atoms in total. The minimum Gasteiger partial charge on any atom is -0.414 e. The van der Waals surface area contributed by atoms with Gasteiger partial charge in [0.25, 0.3) is 0 Å². The fourth-order valence-corrected chi connectivity index (χ4v) is 1.27. The van der Waals surface area contributed by atoms with Gasteiger partial charge in [0.2, 0.25) is 0 Å². The van der Waals surface area contributed by atoms with E-state index in [1.54, 1.807) is 12.2 Å². The first kappa shape index (κ1) is 8.66. The number of hydrogen-bond donors (Lipinski definition) is 0. The summed E-state index contributed by atoms with van der Waals surface area (Å²) in [5, 5.41) is 0. The van der Waals surface area contributed by atoms with E-state index in [1.165, 1.54) is 6.04 Å². The lowest BCUT2D eigenvalue weighted by atomic mass is 10.4. The van der Waals surface area contributed by atoms with E-state index in [2.05, 4.69) is 20.1 Å². The average molecular weight is 142 g/mol. The Morgan fingerprint density at radius 2 is 2.11 bits per heavy atom. The minimum atomic E-state index is -0.290. The first-order chi connectivity index (χ1) is 4.35. The molecule has 0 saturated heterocycles. The summed E-state index contributed by atoms with van der Waals surface area (Å²) in [4.78, 5) is 0. The highest BCUT2D eigenvalue weighted by Crippen LogP contribution is 1.93. The molecule has 0 spiro atoms. The molecule has 2 heteroatoms.